The molecule has 0 heterocycles. The summed E-state index contributed by atoms with van der Waals surface area (Å²) in [6.45, 7) is 1.87. The van der Waals surface area contributed by atoms with Crippen LogP contribution in [0.3, 0.4) is 0 Å². The third kappa shape index (κ3) is 4.62. The maximum absolute atomic E-state index is 12.1. The van der Waals surface area contributed by atoms with Gasteiger partial charge >= 0.3 is 0 Å². The molecule has 2 rings (SSSR count). The summed E-state index contributed by atoms with van der Waals surface area (Å²) in [4.78, 5) is 13.2. The first-order valence-electron chi connectivity index (χ1n) is 6.32. The van der Waals surface area contributed by atoms with Crippen LogP contribution < -0.4 is 5.32 Å². The molecule has 2 aromatic carbocycles. The molecule has 1 amide bonds. The Balaban J connectivity index is 1.97. The van der Waals surface area contributed by atoms with Crippen LogP contribution in [0.15, 0.2) is 57.9 Å². The third-order valence-electron chi connectivity index (χ3n) is 2.76. The lowest BCUT2D eigenvalue weighted by Gasteiger charge is -2.12. The number of carbonyl (C=O) groups excluding carboxylic acids is 1. The number of thioether (sulfide) groups is 1. The zero-order valence-electron chi connectivity index (χ0n) is 11.3. The van der Waals surface area contributed by atoms with Crippen molar-refractivity contribution in [1.29, 1.82) is 5.26 Å². The van der Waals surface area contributed by atoms with Gasteiger partial charge in [-0.15, -0.1) is 11.8 Å². The molecule has 1 atom stereocenters. The summed E-state index contributed by atoms with van der Waals surface area (Å²) in [5, 5.41) is 11.4. The molecule has 0 aromatic heterocycles. The van der Waals surface area contributed by atoms with Crippen LogP contribution in [0, 0.1) is 11.3 Å². The van der Waals surface area contributed by atoms with E-state index in [9.17, 15) is 4.79 Å². The highest BCUT2D eigenvalue weighted by molar-refractivity contribution is 9.10. The van der Waals surface area contributed by atoms with Gasteiger partial charge in [0.2, 0.25) is 5.91 Å². The van der Waals surface area contributed by atoms with Crippen LogP contribution >= 0.6 is 27.7 Å². The van der Waals surface area contributed by atoms with Gasteiger partial charge in [0.25, 0.3) is 0 Å². The van der Waals surface area contributed by atoms with Gasteiger partial charge in [0.1, 0.15) is 0 Å². The number of carbonyl (C=O) groups is 1. The molecule has 0 aliphatic rings. The van der Waals surface area contributed by atoms with Crippen molar-refractivity contribution in [3.8, 4) is 6.07 Å². The Kier molecular flexibility index (Phi) is 5.43. The standard InChI is InChI=1S/C16H13BrN2OS/c1-11(21-15-4-2-3-13(17)9-15)16(20)19-14-7-5-12(10-18)6-8-14/h2-9,11H,1H3,(H,19,20). The van der Waals surface area contributed by atoms with Crippen LogP contribution in [-0.4, -0.2) is 11.2 Å². The third-order valence-corrected chi connectivity index (χ3v) is 4.35. The molecule has 0 bridgehead atoms. The van der Waals surface area contributed by atoms with Crippen molar-refractivity contribution in [3.63, 3.8) is 0 Å². The largest absolute Gasteiger partial charge is 0.325 e. The number of nitrogens with zero attached hydrogens (tertiary/aromatic N) is 1. The lowest BCUT2D eigenvalue weighted by molar-refractivity contribution is -0.115. The average molecular weight is 361 g/mol. The number of nitrogens with one attached hydrogen (secondary N) is 1. The minimum atomic E-state index is -0.213. The molecule has 2 aromatic rings. The fourth-order valence-electron chi connectivity index (χ4n) is 1.67. The van der Waals surface area contributed by atoms with E-state index in [0.717, 1.165) is 9.37 Å². The molecular formula is C16H13BrN2OS. The van der Waals surface area contributed by atoms with Crippen LogP contribution in [0.25, 0.3) is 0 Å². The van der Waals surface area contributed by atoms with Crippen molar-refractivity contribution in [1.82, 2.24) is 0 Å². The number of benzene rings is 2. The second kappa shape index (κ2) is 7.30. The van der Waals surface area contributed by atoms with Gasteiger partial charge in [-0.3, -0.25) is 4.79 Å². The number of rotatable bonds is 4. The van der Waals surface area contributed by atoms with Gasteiger partial charge in [-0.05, 0) is 49.4 Å². The molecule has 0 aliphatic carbocycles. The summed E-state index contributed by atoms with van der Waals surface area (Å²) < 4.78 is 0.993. The SMILES string of the molecule is CC(Sc1cccc(Br)c1)C(=O)Nc1ccc(C#N)cc1. The molecular weight excluding hydrogens is 348 g/mol. The first-order valence-corrected chi connectivity index (χ1v) is 7.99. The molecule has 106 valence electrons. The zero-order chi connectivity index (χ0) is 15.2. The first kappa shape index (κ1) is 15.6. The van der Waals surface area contributed by atoms with E-state index in [1.807, 2.05) is 37.3 Å². The maximum Gasteiger partial charge on any atom is 0.237 e. The quantitative estimate of drug-likeness (QED) is 0.819. The molecule has 0 radical (unpaired) electrons. The summed E-state index contributed by atoms with van der Waals surface area (Å²) in [6.07, 6.45) is 0. The molecule has 0 fully saturated rings. The number of anilines is 1. The van der Waals surface area contributed by atoms with E-state index >= 15 is 0 Å². The number of hydrogen-bond acceptors (Lipinski definition) is 3. The number of hydrogen-bond donors (Lipinski definition) is 1. The predicted molar refractivity (Wildman–Crippen MR) is 89.2 cm³/mol. The molecule has 0 aliphatic heterocycles. The summed E-state index contributed by atoms with van der Waals surface area (Å²) in [5.74, 6) is -0.0651. The van der Waals surface area contributed by atoms with Gasteiger partial charge in [-0.2, -0.15) is 5.26 Å². The van der Waals surface area contributed by atoms with Crippen molar-refractivity contribution in [3.05, 3.63) is 58.6 Å². The van der Waals surface area contributed by atoms with E-state index < -0.39 is 0 Å². The summed E-state index contributed by atoms with van der Waals surface area (Å²) in [6, 6.07) is 16.7. The van der Waals surface area contributed by atoms with Crippen LogP contribution in [0.2, 0.25) is 0 Å². The Labute approximate surface area is 136 Å². The maximum atomic E-state index is 12.1. The van der Waals surface area contributed by atoms with Crippen molar-refractivity contribution >= 4 is 39.3 Å². The molecule has 0 spiro atoms. The fraction of sp³-hybridized carbons (Fsp3) is 0.125. The average Bonchev–Trinajstić information content (AvgIpc) is 2.48. The monoisotopic (exact) mass is 360 g/mol. The van der Waals surface area contributed by atoms with E-state index in [4.69, 9.17) is 5.26 Å². The van der Waals surface area contributed by atoms with Crippen molar-refractivity contribution < 1.29 is 4.79 Å². The fourth-order valence-corrected chi connectivity index (χ4v) is 3.15. The van der Waals surface area contributed by atoms with Gasteiger partial charge in [-0.1, -0.05) is 22.0 Å². The Bertz CT molecular complexity index is 679. The van der Waals surface area contributed by atoms with E-state index in [2.05, 4.69) is 21.2 Å². The summed E-state index contributed by atoms with van der Waals surface area (Å²) >= 11 is 4.91. The normalized spacial score (nSPS) is 11.5. The van der Waals surface area contributed by atoms with Gasteiger partial charge in [0, 0.05) is 15.1 Å². The topological polar surface area (TPSA) is 52.9 Å². The minimum Gasteiger partial charge on any atom is -0.325 e. The van der Waals surface area contributed by atoms with Crippen molar-refractivity contribution in [2.45, 2.75) is 17.1 Å². The molecule has 5 heteroatoms. The molecule has 0 saturated carbocycles. The number of amides is 1. The molecule has 1 N–H and O–H groups in total. The van der Waals surface area contributed by atoms with E-state index in [1.165, 1.54) is 11.8 Å². The van der Waals surface area contributed by atoms with E-state index in [-0.39, 0.29) is 11.2 Å². The Morgan fingerprint density at radius 1 is 1.29 bits per heavy atom. The zero-order valence-corrected chi connectivity index (χ0v) is 13.7. The van der Waals surface area contributed by atoms with Gasteiger partial charge in [0.15, 0.2) is 0 Å². The van der Waals surface area contributed by atoms with Crippen LogP contribution in [0.5, 0.6) is 0 Å². The second-order valence-electron chi connectivity index (χ2n) is 4.40. The van der Waals surface area contributed by atoms with Crippen LogP contribution in [0.4, 0.5) is 5.69 Å². The van der Waals surface area contributed by atoms with Crippen molar-refractivity contribution in [2.24, 2.45) is 0 Å². The molecule has 3 nitrogen and oxygen atoms in total. The molecule has 0 saturated heterocycles. The van der Waals surface area contributed by atoms with Gasteiger partial charge in [0.05, 0.1) is 16.9 Å². The highest BCUT2D eigenvalue weighted by Crippen LogP contribution is 2.26. The van der Waals surface area contributed by atoms with Gasteiger partial charge in [-0.25, -0.2) is 0 Å². The lowest BCUT2D eigenvalue weighted by atomic mass is 10.2. The lowest BCUT2D eigenvalue weighted by Crippen LogP contribution is -2.22. The molecule has 1 unspecified atom stereocenters. The second-order valence-corrected chi connectivity index (χ2v) is 6.73. The number of halogens is 1. The van der Waals surface area contributed by atoms with E-state index in [0.29, 0.717) is 11.3 Å². The minimum absolute atomic E-state index is 0.0651. The highest BCUT2D eigenvalue weighted by Gasteiger charge is 2.14. The smallest absolute Gasteiger partial charge is 0.237 e. The Hall–Kier alpha value is -1.77. The van der Waals surface area contributed by atoms with Crippen LogP contribution in [-0.2, 0) is 4.79 Å². The summed E-state index contributed by atoms with van der Waals surface area (Å²) in [7, 11) is 0. The van der Waals surface area contributed by atoms with Gasteiger partial charge < -0.3 is 5.32 Å². The summed E-state index contributed by atoms with van der Waals surface area (Å²) in [5.41, 5.74) is 1.27. The predicted octanol–water partition coefficient (Wildman–Crippen LogP) is 4.44. The first-order chi connectivity index (χ1) is 10.1. The van der Waals surface area contributed by atoms with E-state index in [1.54, 1.807) is 24.3 Å². The Morgan fingerprint density at radius 2 is 2.00 bits per heavy atom. The Morgan fingerprint density at radius 3 is 2.62 bits per heavy atom. The highest BCUT2D eigenvalue weighted by atomic mass is 79.9. The number of nitriles is 1. The van der Waals surface area contributed by atoms with Crippen molar-refractivity contribution in [2.75, 3.05) is 5.32 Å². The molecule has 21 heavy (non-hydrogen) atoms. The van der Waals surface area contributed by atoms with Crippen LogP contribution in [0.1, 0.15) is 12.5 Å².